The molecule has 0 bridgehead atoms. The molecule has 0 saturated carbocycles. The fourth-order valence-corrected chi connectivity index (χ4v) is 4.60. The van der Waals surface area contributed by atoms with E-state index >= 15 is 0 Å². The molecule has 0 radical (unpaired) electrons. The van der Waals surface area contributed by atoms with Crippen molar-refractivity contribution < 1.29 is 64.5 Å². The van der Waals surface area contributed by atoms with Gasteiger partial charge < -0.3 is 47.4 Å². The summed E-state index contributed by atoms with van der Waals surface area (Å²) in [6.45, 7) is 10.3. The number of unbranched alkanes of at least 4 members (excludes halogenated alkanes) is 6. The molecule has 0 unspecified atom stereocenters. The first-order valence-corrected chi connectivity index (χ1v) is 19.4. The Balaban J connectivity index is 1.70. The van der Waals surface area contributed by atoms with Crippen molar-refractivity contribution in [2.45, 2.75) is 58.3 Å². The second-order valence-corrected chi connectivity index (χ2v) is 12.2. The SMILES string of the molecule is CCCCCCCCCc1ccc(OCCOCCOCCOCCOCCOCCOCCOCCOCCOCCOS(=O)(=O)O)cc1. The molecular weight excluding hydrogens is 676 g/mol. The fraction of sp³-hybridized carbons (Fsp3) is 0.829. The maximum atomic E-state index is 10.3. The van der Waals surface area contributed by atoms with E-state index in [9.17, 15) is 8.42 Å². The summed E-state index contributed by atoms with van der Waals surface area (Å²) in [4.78, 5) is 0. The average Bonchev–Trinajstić information content (AvgIpc) is 3.10. The van der Waals surface area contributed by atoms with Crippen LogP contribution in [-0.4, -0.2) is 145 Å². The molecule has 0 atom stereocenters. The van der Waals surface area contributed by atoms with Crippen LogP contribution in [-0.2, 0) is 63.6 Å². The topological polar surface area (TPSA) is 156 Å². The largest absolute Gasteiger partial charge is 0.491 e. The van der Waals surface area contributed by atoms with Gasteiger partial charge in [0, 0.05) is 0 Å². The highest BCUT2D eigenvalue weighted by atomic mass is 32.3. The Bertz CT molecular complexity index is 936. The molecule has 1 N–H and O–H groups in total. The summed E-state index contributed by atoms with van der Waals surface area (Å²) in [6.07, 6.45) is 10.5. The molecule has 1 aromatic carbocycles. The van der Waals surface area contributed by atoms with E-state index in [0.717, 1.165) is 12.2 Å². The van der Waals surface area contributed by atoms with Gasteiger partial charge in [-0.15, -0.1) is 0 Å². The van der Waals surface area contributed by atoms with Gasteiger partial charge in [-0.25, -0.2) is 4.18 Å². The van der Waals surface area contributed by atoms with Crippen molar-refractivity contribution in [3.05, 3.63) is 29.8 Å². The van der Waals surface area contributed by atoms with Crippen LogP contribution < -0.4 is 4.74 Å². The molecule has 0 amide bonds. The number of ether oxygens (including phenoxy) is 10. The number of rotatable bonds is 40. The Morgan fingerprint density at radius 3 is 1.12 bits per heavy atom. The highest BCUT2D eigenvalue weighted by molar-refractivity contribution is 7.80. The molecule has 0 aliphatic rings. The molecule has 1 aromatic rings. The summed E-state index contributed by atoms with van der Waals surface area (Å²) in [5.41, 5.74) is 1.37. The van der Waals surface area contributed by atoms with E-state index < -0.39 is 10.4 Å². The minimum Gasteiger partial charge on any atom is -0.491 e. The monoisotopic (exact) mass is 740 g/mol. The van der Waals surface area contributed by atoms with Crippen LogP contribution in [0.15, 0.2) is 24.3 Å². The van der Waals surface area contributed by atoms with E-state index in [-0.39, 0.29) is 19.8 Å². The molecule has 1 rings (SSSR count). The van der Waals surface area contributed by atoms with Crippen LogP contribution in [0.2, 0.25) is 0 Å². The lowest BCUT2D eigenvalue weighted by atomic mass is 10.0. The number of hydrogen-bond donors (Lipinski definition) is 1. The summed E-state index contributed by atoms with van der Waals surface area (Å²) in [6, 6.07) is 8.42. The van der Waals surface area contributed by atoms with Gasteiger partial charge in [0.05, 0.1) is 126 Å². The summed E-state index contributed by atoms with van der Waals surface area (Å²) in [7, 11) is -4.42. The number of benzene rings is 1. The first-order chi connectivity index (χ1) is 24.5. The van der Waals surface area contributed by atoms with Crippen LogP contribution in [0.3, 0.4) is 0 Å². The van der Waals surface area contributed by atoms with Crippen molar-refractivity contribution in [2.75, 3.05) is 132 Å². The summed E-state index contributed by atoms with van der Waals surface area (Å²) < 4.78 is 87.7. The minimum atomic E-state index is -4.42. The summed E-state index contributed by atoms with van der Waals surface area (Å²) >= 11 is 0. The lowest BCUT2D eigenvalue weighted by molar-refractivity contribution is -0.0257. The van der Waals surface area contributed by atoms with Gasteiger partial charge in [0.15, 0.2) is 0 Å². The third-order valence-corrected chi connectivity index (χ3v) is 7.39. The Morgan fingerprint density at radius 1 is 0.440 bits per heavy atom. The average molecular weight is 741 g/mol. The Morgan fingerprint density at radius 2 is 0.760 bits per heavy atom. The standard InChI is InChI=1S/C35H64O14S/c1-2-3-4-5-6-7-8-9-34-10-12-35(13-11-34)48-32-30-46-28-26-44-24-22-42-20-18-40-16-14-39-15-17-41-19-21-43-23-25-45-27-29-47-31-33-49-50(36,37)38/h10-13H,2-9,14-33H2,1H3,(H,36,37,38). The van der Waals surface area contributed by atoms with Gasteiger partial charge >= 0.3 is 10.4 Å². The lowest BCUT2D eigenvalue weighted by Crippen LogP contribution is -2.15. The van der Waals surface area contributed by atoms with Crippen LogP contribution in [0.4, 0.5) is 0 Å². The predicted octanol–water partition coefficient (Wildman–Crippen LogP) is 4.33. The third-order valence-electron chi connectivity index (χ3n) is 6.92. The lowest BCUT2D eigenvalue weighted by Gasteiger charge is -2.09. The van der Waals surface area contributed by atoms with E-state index in [4.69, 9.17) is 51.9 Å². The number of hydrogen-bond acceptors (Lipinski definition) is 13. The smallest absolute Gasteiger partial charge is 0.397 e. The molecule has 14 nitrogen and oxygen atoms in total. The van der Waals surface area contributed by atoms with Crippen molar-refractivity contribution in [1.29, 1.82) is 0 Å². The predicted molar refractivity (Wildman–Crippen MR) is 189 cm³/mol. The van der Waals surface area contributed by atoms with E-state index in [1.807, 2.05) is 12.1 Å². The first kappa shape index (κ1) is 46.6. The summed E-state index contributed by atoms with van der Waals surface area (Å²) in [5, 5.41) is 0. The molecule has 0 saturated heterocycles. The van der Waals surface area contributed by atoms with E-state index in [0.29, 0.717) is 112 Å². The normalized spacial score (nSPS) is 11.8. The van der Waals surface area contributed by atoms with Crippen LogP contribution in [0, 0.1) is 0 Å². The van der Waals surface area contributed by atoms with Crippen LogP contribution in [0.5, 0.6) is 5.75 Å². The highest BCUT2D eigenvalue weighted by Crippen LogP contribution is 2.15. The van der Waals surface area contributed by atoms with Crippen LogP contribution in [0.1, 0.15) is 57.4 Å². The Labute approximate surface area is 300 Å². The van der Waals surface area contributed by atoms with Gasteiger partial charge in [0.1, 0.15) is 12.4 Å². The Kier molecular flexibility index (Phi) is 33.4. The van der Waals surface area contributed by atoms with Crippen LogP contribution >= 0.6 is 0 Å². The van der Waals surface area contributed by atoms with Crippen molar-refractivity contribution >= 4 is 10.4 Å². The van der Waals surface area contributed by atoms with Crippen molar-refractivity contribution in [3.63, 3.8) is 0 Å². The molecule has 50 heavy (non-hydrogen) atoms. The Hall–Kier alpha value is -1.47. The molecule has 294 valence electrons. The van der Waals surface area contributed by atoms with Gasteiger partial charge in [-0.05, 0) is 30.5 Å². The van der Waals surface area contributed by atoms with E-state index in [1.165, 1.54) is 50.5 Å². The van der Waals surface area contributed by atoms with Gasteiger partial charge in [0.2, 0.25) is 0 Å². The van der Waals surface area contributed by atoms with Crippen molar-refractivity contribution in [2.24, 2.45) is 0 Å². The summed E-state index contributed by atoms with van der Waals surface area (Å²) in [5.74, 6) is 0.877. The zero-order chi connectivity index (χ0) is 36.1. The molecule has 0 aliphatic heterocycles. The van der Waals surface area contributed by atoms with Gasteiger partial charge in [-0.3, -0.25) is 4.55 Å². The second kappa shape index (κ2) is 35.9. The molecule has 0 aromatic heterocycles. The molecule has 0 aliphatic carbocycles. The fourth-order valence-electron chi connectivity index (χ4n) is 4.32. The first-order valence-electron chi connectivity index (χ1n) is 18.0. The van der Waals surface area contributed by atoms with Gasteiger partial charge in [-0.2, -0.15) is 8.42 Å². The quantitative estimate of drug-likeness (QED) is 0.0750. The third kappa shape index (κ3) is 35.0. The van der Waals surface area contributed by atoms with Gasteiger partial charge in [-0.1, -0.05) is 57.6 Å². The maximum absolute atomic E-state index is 10.3. The molecule has 0 heterocycles. The minimum absolute atomic E-state index is 0.0326. The maximum Gasteiger partial charge on any atom is 0.397 e. The molecule has 0 spiro atoms. The molecule has 0 fully saturated rings. The number of aryl methyl sites for hydroxylation is 1. The molecule has 15 heteroatoms. The second-order valence-electron chi connectivity index (χ2n) is 11.1. The van der Waals surface area contributed by atoms with Gasteiger partial charge in [0.25, 0.3) is 0 Å². The van der Waals surface area contributed by atoms with Crippen molar-refractivity contribution in [1.82, 2.24) is 0 Å². The van der Waals surface area contributed by atoms with Crippen LogP contribution in [0.25, 0.3) is 0 Å². The molecular formula is C35H64O14S. The zero-order valence-electron chi connectivity index (χ0n) is 30.3. The van der Waals surface area contributed by atoms with E-state index in [1.54, 1.807) is 0 Å². The highest BCUT2D eigenvalue weighted by Gasteiger charge is 2.03. The van der Waals surface area contributed by atoms with E-state index in [2.05, 4.69) is 23.2 Å². The zero-order valence-corrected chi connectivity index (χ0v) is 31.1. The van der Waals surface area contributed by atoms with Crippen molar-refractivity contribution in [3.8, 4) is 5.75 Å².